The van der Waals surface area contributed by atoms with E-state index in [1.54, 1.807) is 0 Å². The summed E-state index contributed by atoms with van der Waals surface area (Å²) in [6, 6.07) is 5.93. The Morgan fingerprint density at radius 2 is 1.94 bits per heavy atom. The van der Waals surface area contributed by atoms with Gasteiger partial charge in [-0.25, -0.2) is 4.99 Å². The average Bonchev–Trinajstić information content (AvgIpc) is 2.75. The molecule has 1 fully saturated rings. The van der Waals surface area contributed by atoms with E-state index < -0.39 is 0 Å². The third-order valence-electron chi connectivity index (χ3n) is 2.93. The van der Waals surface area contributed by atoms with Crippen molar-refractivity contribution in [2.45, 2.75) is 25.7 Å². The van der Waals surface area contributed by atoms with Gasteiger partial charge in [-0.05, 0) is 47.0 Å². The number of nitrogens with zero attached hydrogens (tertiary/aromatic N) is 1. The molecule has 0 spiro atoms. The minimum atomic E-state index is 0.482. The lowest BCUT2D eigenvalue weighted by Crippen LogP contribution is -2.20. The molecule has 1 aromatic rings. The van der Waals surface area contributed by atoms with Crippen molar-refractivity contribution < 1.29 is 0 Å². The summed E-state index contributed by atoms with van der Waals surface area (Å²) < 4.78 is 2.01. The molecule has 0 radical (unpaired) electrons. The molecule has 0 unspecified atom stereocenters. The zero-order valence-corrected chi connectivity index (χ0v) is 12.1. The lowest BCUT2D eigenvalue weighted by molar-refractivity contribution is 0.722. The fourth-order valence-corrected chi connectivity index (χ4v) is 3.16. The smallest absolute Gasteiger partial charge is 0.103 e. The van der Waals surface area contributed by atoms with E-state index in [1.165, 1.54) is 25.7 Å². The summed E-state index contributed by atoms with van der Waals surface area (Å²) in [6.45, 7) is 0. The molecule has 0 aromatic heterocycles. The van der Waals surface area contributed by atoms with Crippen molar-refractivity contribution in [3.63, 3.8) is 0 Å². The van der Waals surface area contributed by atoms with Gasteiger partial charge in [-0.2, -0.15) is 0 Å². The Labute approximate surface area is 113 Å². The highest BCUT2D eigenvalue weighted by atomic mass is 79.9. The summed E-state index contributed by atoms with van der Waals surface area (Å²) in [6.07, 6.45) is 4.93. The van der Waals surface area contributed by atoms with E-state index in [0.29, 0.717) is 5.92 Å². The largest absolute Gasteiger partial charge is 0.387 e. The third kappa shape index (κ3) is 2.86. The van der Waals surface area contributed by atoms with Gasteiger partial charge in [-0.15, -0.1) is 0 Å². The molecule has 1 saturated carbocycles. The minimum Gasteiger partial charge on any atom is -0.387 e. The van der Waals surface area contributed by atoms with Crippen LogP contribution in [0.5, 0.6) is 0 Å². The highest BCUT2D eigenvalue weighted by Gasteiger charge is 2.18. The van der Waals surface area contributed by atoms with Gasteiger partial charge in [-0.3, -0.25) is 0 Å². The molecule has 0 saturated heterocycles. The Balaban J connectivity index is 2.20. The molecule has 2 nitrogen and oxygen atoms in total. The predicted molar refractivity (Wildman–Crippen MR) is 75.1 cm³/mol. The first-order valence-electron chi connectivity index (χ1n) is 5.46. The van der Waals surface area contributed by atoms with Crippen molar-refractivity contribution in [1.82, 2.24) is 0 Å². The van der Waals surface area contributed by atoms with Crippen LogP contribution < -0.4 is 5.73 Å². The Hall–Kier alpha value is -0.350. The molecule has 0 aliphatic heterocycles. The van der Waals surface area contributed by atoms with Crippen LogP contribution >= 0.6 is 31.9 Å². The van der Waals surface area contributed by atoms with Crippen molar-refractivity contribution in [1.29, 1.82) is 0 Å². The minimum absolute atomic E-state index is 0.482. The molecule has 0 atom stereocenters. The topological polar surface area (TPSA) is 38.4 Å². The molecule has 2 rings (SSSR count). The summed E-state index contributed by atoms with van der Waals surface area (Å²) >= 11 is 6.91. The predicted octanol–water partition coefficient (Wildman–Crippen LogP) is 4.39. The number of benzene rings is 1. The molecular formula is C12H14Br2N2. The first-order chi connectivity index (χ1) is 7.66. The first-order valence-corrected chi connectivity index (χ1v) is 7.04. The lowest BCUT2D eigenvalue weighted by Gasteiger charge is -2.08. The summed E-state index contributed by atoms with van der Waals surface area (Å²) in [5.74, 6) is 1.26. The van der Waals surface area contributed by atoms with Gasteiger partial charge in [0.15, 0.2) is 0 Å². The van der Waals surface area contributed by atoms with E-state index in [9.17, 15) is 0 Å². The highest BCUT2D eigenvalue weighted by molar-refractivity contribution is 9.11. The standard InChI is InChI=1S/C12H14Br2N2/c13-9-5-6-11(10(14)7-9)16-12(15)8-3-1-2-4-8/h5-8H,1-4H2,(H2,15,16). The number of rotatable bonds is 2. The van der Waals surface area contributed by atoms with Gasteiger partial charge >= 0.3 is 0 Å². The molecular weight excluding hydrogens is 332 g/mol. The van der Waals surface area contributed by atoms with Crippen LogP contribution in [0.15, 0.2) is 32.1 Å². The molecule has 2 N–H and O–H groups in total. The van der Waals surface area contributed by atoms with Gasteiger partial charge in [0, 0.05) is 14.9 Å². The van der Waals surface area contributed by atoms with Gasteiger partial charge in [-0.1, -0.05) is 28.8 Å². The van der Waals surface area contributed by atoms with Crippen molar-refractivity contribution in [2.75, 3.05) is 0 Å². The van der Waals surface area contributed by atoms with Crippen molar-refractivity contribution in [3.05, 3.63) is 27.1 Å². The van der Waals surface area contributed by atoms with Gasteiger partial charge in [0.25, 0.3) is 0 Å². The normalized spacial score (nSPS) is 18.0. The van der Waals surface area contributed by atoms with Crippen molar-refractivity contribution in [2.24, 2.45) is 16.6 Å². The molecule has 4 heteroatoms. The van der Waals surface area contributed by atoms with E-state index in [-0.39, 0.29) is 0 Å². The van der Waals surface area contributed by atoms with E-state index in [4.69, 9.17) is 5.73 Å². The van der Waals surface area contributed by atoms with E-state index in [1.807, 2.05) is 18.2 Å². The van der Waals surface area contributed by atoms with Gasteiger partial charge in [0.1, 0.15) is 5.84 Å². The Morgan fingerprint density at radius 1 is 1.25 bits per heavy atom. The number of nitrogens with two attached hydrogens (primary N) is 1. The van der Waals surface area contributed by atoms with E-state index in [0.717, 1.165) is 20.5 Å². The molecule has 1 aromatic carbocycles. The van der Waals surface area contributed by atoms with Crippen LogP contribution in [0.3, 0.4) is 0 Å². The van der Waals surface area contributed by atoms with Crippen molar-refractivity contribution >= 4 is 43.4 Å². The second kappa shape index (κ2) is 5.32. The van der Waals surface area contributed by atoms with Crippen LogP contribution in [0.2, 0.25) is 0 Å². The summed E-state index contributed by atoms with van der Waals surface area (Å²) in [4.78, 5) is 4.51. The van der Waals surface area contributed by atoms with Gasteiger partial charge < -0.3 is 5.73 Å². The number of amidine groups is 1. The zero-order chi connectivity index (χ0) is 11.5. The lowest BCUT2D eigenvalue weighted by atomic mass is 10.1. The molecule has 86 valence electrons. The monoisotopic (exact) mass is 344 g/mol. The Morgan fingerprint density at radius 3 is 2.56 bits per heavy atom. The molecule has 0 heterocycles. The maximum Gasteiger partial charge on any atom is 0.103 e. The molecule has 0 amide bonds. The number of hydrogen-bond donors (Lipinski definition) is 1. The molecule has 0 bridgehead atoms. The maximum atomic E-state index is 6.04. The first kappa shape index (κ1) is 12.1. The second-order valence-corrected chi connectivity index (χ2v) is 5.88. The molecule has 1 aliphatic carbocycles. The summed E-state index contributed by atoms with van der Waals surface area (Å²) in [5.41, 5.74) is 6.95. The third-order valence-corrected chi connectivity index (χ3v) is 4.06. The summed E-state index contributed by atoms with van der Waals surface area (Å²) in [5, 5.41) is 0. The van der Waals surface area contributed by atoms with Crippen LogP contribution in [-0.2, 0) is 0 Å². The number of hydrogen-bond acceptors (Lipinski definition) is 1. The fourth-order valence-electron chi connectivity index (χ4n) is 2.02. The van der Waals surface area contributed by atoms with Crippen molar-refractivity contribution in [3.8, 4) is 0 Å². The molecule has 1 aliphatic rings. The Kier molecular flexibility index (Phi) is 4.03. The van der Waals surface area contributed by atoms with Crippen LogP contribution in [0.1, 0.15) is 25.7 Å². The average molecular weight is 346 g/mol. The summed E-state index contributed by atoms with van der Waals surface area (Å²) in [7, 11) is 0. The van der Waals surface area contributed by atoms with Crippen LogP contribution in [0, 0.1) is 5.92 Å². The Bertz CT molecular complexity index is 409. The highest BCUT2D eigenvalue weighted by Crippen LogP contribution is 2.31. The van der Waals surface area contributed by atoms with E-state index >= 15 is 0 Å². The van der Waals surface area contributed by atoms with Gasteiger partial charge in [0.2, 0.25) is 0 Å². The number of halogens is 2. The van der Waals surface area contributed by atoms with Crippen LogP contribution in [0.4, 0.5) is 5.69 Å². The van der Waals surface area contributed by atoms with E-state index in [2.05, 4.69) is 36.9 Å². The van der Waals surface area contributed by atoms with Crippen LogP contribution in [0.25, 0.3) is 0 Å². The van der Waals surface area contributed by atoms with Crippen LogP contribution in [-0.4, -0.2) is 5.84 Å². The number of aliphatic imine (C=N–C) groups is 1. The second-order valence-electron chi connectivity index (χ2n) is 4.11. The molecule has 16 heavy (non-hydrogen) atoms. The van der Waals surface area contributed by atoms with Gasteiger partial charge in [0.05, 0.1) is 5.69 Å². The fraction of sp³-hybridized carbons (Fsp3) is 0.417. The quantitative estimate of drug-likeness (QED) is 0.626. The zero-order valence-electron chi connectivity index (χ0n) is 8.92. The SMILES string of the molecule is NC(=Nc1ccc(Br)cc1Br)C1CCCC1. The maximum absolute atomic E-state index is 6.04.